The van der Waals surface area contributed by atoms with Crippen molar-refractivity contribution in [2.24, 2.45) is 0 Å². The number of unbranched alkanes of at least 4 members (excludes halogenated alkanes) is 5. The van der Waals surface area contributed by atoms with Gasteiger partial charge in [0, 0.05) is 40.3 Å². The van der Waals surface area contributed by atoms with E-state index in [9.17, 15) is 9.59 Å². The molecule has 2 aromatic rings. The molecule has 0 aromatic heterocycles. The third-order valence-corrected chi connectivity index (χ3v) is 6.71. The highest BCUT2D eigenvalue weighted by Gasteiger charge is 2.14. The van der Waals surface area contributed by atoms with E-state index in [0.29, 0.717) is 23.6 Å². The SMILES string of the molecule is CC(Cc1ccccc1OC(=O)N(C)C)NCCCCCCCCNC(C)Cc1ccccc1OC(=O)N(C)C. The molecule has 2 atom stereocenters. The molecule has 8 nitrogen and oxygen atoms in total. The Morgan fingerprint density at radius 2 is 0.975 bits per heavy atom. The number of para-hydroxylation sites is 2. The van der Waals surface area contributed by atoms with E-state index in [0.717, 1.165) is 49.9 Å². The van der Waals surface area contributed by atoms with E-state index < -0.39 is 0 Å². The van der Waals surface area contributed by atoms with Gasteiger partial charge in [-0.15, -0.1) is 0 Å². The molecule has 0 spiro atoms. The Labute approximate surface area is 241 Å². The van der Waals surface area contributed by atoms with Crippen molar-refractivity contribution in [3.8, 4) is 11.5 Å². The van der Waals surface area contributed by atoms with Crippen LogP contribution in [0.3, 0.4) is 0 Å². The molecule has 40 heavy (non-hydrogen) atoms. The highest BCUT2D eigenvalue weighted by Crippen LogP contribution is 2.21. The second-order valence-corrected chi connectivity index (χ2v) is 11.0. The van der Waals surface area contributed by atoms with Crippen molar-refractivity contribution in [1.29, 1.82) is 0 Å². The molecule has 2 unspecified atom stereocenters. The topological polar surface area (TPSA) is 83.1 Å². The molecule has 0 bridgehead atoms. The Balaban J connectivity index is 1.54. The molecule has 2 rings (SSSR count). The van der Waals surface area contributed by atoms with E-state index in [-0.39, 0.29) is 12.2 Å². The number of nitrogens with one attached hydrogen (secondary N) is 2. The number of rotatable bonds is 17. The summed E-state index contributed by atoms with van der Waals surface area (Å²) in [5, 5.41) is 7.21. The Morgan fingerprint density at radius 3 is 1.35 bits per heavy atom. The van der Waals surface area contributed by atoms with E-state index in [2.05, 4.69) is 24.5 Å². The first kappa shape index (κ1) is 33.1. The zero-order chi connectivity index (χ0) is 29.3. The van der Waals surface area contributed by atoms with Crippen molar-refractivity contribution in [1.82, 2.24) is 20.4 Å². The Kier molecular flexibility index (Phi) is 15.1. The summed E-state index contributed by atoms with van der Waals surface area (Å²) < 4.78 is 11.0. The summed E-state index contributed by atoms with van der Waals surface area (Å²) in [5.41, 5.74) is 2.08. The van der Waals surface area contributed by atoms with Gasteiger partial charge < -0.3 is 29.9 Å². The van der Waals surface area contributed by atoms with Crippen molar-refractivity contribution in [2.45, 2.75) is 77.3 Å². The summed E-state index contributed by atoms with van der Waals surface area (Å²) in [5.74, 6) is 1.27. The number of hydrogen-bond acceptors (Lipinski definition) is 6. The first-order valence-electron chi connectivity index (χ1n) is 14.6. The lowest BCUT2D eigenvalue weighted by molar-refractivity contribution is 0.170. The molecule has 8 heteroatoms. The Hall–Kier alpha value is -3.10. The maximum absolute atomic E-state index is 11.9. The molecule has 0 radical (unpaired) electrons. The second-order valence-electron chi connectivity index (χ2n) is 11.0. The fourth-order valence-corrected chi connectivity index (χ4v) is 4.37. The van der Waals surface area contributed by atoms with Crippen LogP contribution < -0.4 is 20.1 Å². The fourth-order valence-electron chi connectivity index (χ4n) is 4.37. The fraction of sp³-hybridized carbons (Fsp3) is 0.562. The minimum absolute atomic E-state index is 0.305. The summed E-state index contributed by atoms with van der Waals surface area (Å²) in [6, 6.07) is 16.1. The van der Waals surface area contributed by atoms with Crippen LogP contribution in [0, 0.1) is 0 Å². The van der Waals surface area contributed by atoms with Gasteiger partial charge in [-0.2, -0.15) is 0 Å². The lowest BCUT2D eigenvalue weighted by Gasteiger charge is -2.18. The molecule has 2 N–H and O–H groups in total. The van der Waals surface area contributed by atoms with Crippen LogP contribution in [0.2, 0.25) is 0 Å². The molecule has 0 aliphatic heterocycles. The average molecular weight is 555 g/mol. The monoisotopic (exact) mass is 554 g/mol. The van der Waals surface area contributed by atoms with Gasteiger partial charge in [-0.3, -0.25) is 0 Å². The van der Waals surface area contributed by atoms with Crippen LogP contribution in [0.1, 0.15) is 63.5 Å². The van der Waals surface area contributed by atoms with Crippen LogP contribution in [-0.4, -0.2) is 75.4 Å². The Morgan fingerprint density at radius 1 is 0.625 bits per heavy atom. The minimum Gasteiger partial charge on any atom is -0.410 e. The lowest BCUT2D eigenvalue weighted by Crippen LogP contribution is -2.30. The highest BCUT2D eigenvalue weighted by molar-refractivity contribution is 5.71. The van der Waals surface area contributed by atoms with E-state index in [1.807, 2.05) is 48.5 Å². The first-order valence-corrected chi connectivity index (χ1v) is 14.6. The number of ether oxygens (including phenoxy) is 2. The van der Waals surface area contributed by atoms with Gasteiger partial charge in [0.2, 0.25) is 0 Å². The van der Waals surface area contributed by atoms with Gasteiger partial charge in [0.05, 0.1) is 0 Å². The molecule has 0 saturated heterocycles. The molecular formula is C32H50N4O4. The number of benzene rings is 2. The maximum atomic E-state index is 11.9. The molecule has 222 valence electrons. The average Bonchev–Trinajstić information content (AvgIpc) is 2.91. The van der Waals surface area contributed by atoms with Crippen molar-refractivity contribution in [2.75, 3.05) is 41.3 Å². The summed E-state index contributed by atoms with van der Waals surface area (Å²) >= 11 is 0. The van der Waals surface area contributed by atoms with Gasteiger partial charge in [0.15, 0.2) is 0 Å². The second kappa shape index (κ2) is 18.3. The van der Waals surface area contributed by atoms with Crippen LogP contribution in [0.4, 0.5) is 9.59 Å². The third-order valence-electron chi connectivity index (χ3n) is 6.71. The minimum atomic E-state index is -0.357. The van der Waals surface area contributed by atoms with Crippen molar-refractivity contribution in [3.63, 3.8) is 0 Å². The number of nitrogens with zero attached hydrogens (tertiary/aromatic N) is 2. The summed E-state index contributed by atoms with van der Waals surface area (Å²) in [6.07, 6.45) is 8.19. The molecule has 0 aliphatic rings. The molecule has 0 heterocycles. The predicted molar refractivity (Wildman–Crippen MR) is 162 cm³/mol. The number of carbonyl (C=O) groups excluding carboxylic acids is 2. The van der Waals surface area contributed by atoms with Crippen LogP contribution in [0.5, 0.6) is 11.5 Å². The van der Waals surface area contributed by atoms with E-state index in [1.54, 1.807) is 28.2 Å². The quantitative estimate of drug-likeness (QED) is 0.237. The van der Waals surface area contributed by atoms with Crippen LogP contribution in [-0.2, 0) is 12.8 Å². The normalized spacial score (nSPS) is 12.4. The summed E-state index contributed by atoms with van der Waals surface area (Å²) in [4.78, 5) is 26.7. The Bertz CT molecular complexity index is 946. The van der Waals surface area contributed by atoms with Crippen molar-refractivity contribution >= 4 is 12.2 Å². The molecule has 2 amide bonds. The van der Waals surface area contributed by atoms with E-state index in [1.165, 1.54) is 35.5 Å². The van der Waals surface area contributed by atoms with Gasteiger partial charge in [0.25, 0.3) is 0 Å². The van der Waals surface area contributed by atoms with E-state index >= 15 is 0 Å². The molecule has 2 aromatic carbocycles. The number of amides is 2. The van der Waals surface area contributed by atoms with Crippen LogP contribution in [0.15, 0.2) is 48.5 Å². The van der Waals surface area contributed by atoms with Crippen molar-refractivity contribution < 1.29 is 19.1 Å². The number of carbonyl (C=O) groups is 2. The summed E-state index contributed by atoms with van der Waals surface area (Å²) in [7, 11) is 6.74. The predicted octanol–water partition coefficient (Wildman–Crippen LogP) is 5.89. The summed E-state index contributed by atoms with van der Waals surface area (Å²) in [6.45, 7) is 6.33. The zero-order valence-corrected chi connectivity index (χ0v) is 25.4. The maximum Gasteiger partial charge on any atom is 0.414 e. The third kappa shape index (κ3) is 12.8. The lowest BCUT2D eigenvalue weighted by atomic mass is 10.1. The molecule has 0 fully saturated rings. The molecular weight excluding hydrogens is 504 g/mol. The zero-order valence-electron chi connectivity index (χ0n) is 25.4. The van der Waals surface area contributed by atoms with Crippen LogP contribution >= 0.6 is 0 Å². The van der Waals surface area contributed by atoms with Gasteiger partial charge in [-0.25, -0.2) is 9.59 Å². The largest absolute Gasteiger partial charge is 0.414 e. The van der Waals surface area contributed by atoms with E-state index in [4.69, 9.17) is 9.47 Å². The smallest absolute Gasteiger partial charge is 0.410 e. The van der Waals surface area contributed by atoms with Crippen molar-refractivity contribution in [3.05, 3.63) is 59.7 Å². The first-order chi connectivity index (χ1) is 19.2. The molecule has 0 saturated carbocycles. The van der Waals surface area contributed by atoms with Gasteiger partial charge >= 0.3 is 12.2 Å². The van der Waals surface area contributed by atoms with Gasteiger partial charge in [0.1, 0.15) is 11.5 Å². The van der Waals surface area contributed by atoms with Gasteiger partial charge in [-0.05, 0) is 75.9 Å². The highest BCUT2D eigenvalue weighted by atomic mass is 16.6. The molecule has 0 aliphatic carbocycles. The van der Waals surface area contributed by atoms with Gasteiger partial charge in [-0.1, -0.05) is 62.1 Å². The number of hydrogen-bond donors (Lipinski definition) is 2. The standard InChI is InChI=1S/C32H50N4O4/c1-25(23-27-17-11-13-19-29(27)39-31(37)35(3)4)33-21-15-9-7-8-10-16-22-34-26(2)24-28-18-12-14-20-30(28)40-32(38)36(5)6/h11-14,17-20,25-26,33-34H,7-10,15-16,21-24H2,1-6H3. The van der Waals surface area contributed by atoms with Crippen LogP contribution in [0.25, 0.3) is 0 Å².